The van der Waals surface area contributed by atoms with Crippen molar-refractivity contribution in [3.05, 3.63) is 83.6 Å². The van der Waals surface area contributed by atoms with Crippen molar-refractivity contribution >= 4 is 11.8 Å². The van der Waals surface area contributed by atoms with Crippen LogP contribution in [0.5, 0.6) is 0 Å². The Morgan fingerprint density at radius 1 is 1.10 bits per heavy atom. The number of nitrogens with zero attached hydrogens (tertiary/aromatic N) is 1. The summed E-state index contributed by atoms with van der Waals surface area (Å²) in [4.78, 5) is 25.8. The van der Waals surface area contributed by atoms with Crippen LogP contribution in [0.2, 0.25) is 0 Å². The normalized spacial score (nSPS) is 16.3. The first-order valence-corrected chi connectivity index (χ1v) is 9.28. The summed E-state index contributed by atoms with van der Waals surface area (Å²) in [5.41, 5.74) is 7.18. The minimum absolute atomic E-state index is 0.0266. The molecule has 0 saturated heterocycles. The lowest BCUT2D eigenvalue weighted by atomic mass is 10.0. The molecule has 0 bridgehead atoms. The number of carbonyl (C=O) groups excluding carboxylic acids is 2. The van der Waals surface area contributed by atoms with Crippen LogP contribution in [-0.4, -0.2) is 36.1 Å². The topological polar surface area (TPSA) is 81.9 Å². The molecule has 1 heterocycles. The first-order valence-electron chi connectivity index (χ1n) is 9.28. The summed E-state index contributed by atoms with van der Waals surface area (Å²) in [5, 5.41) is 0. The first-order chi connectivity index (χ1) is 13.9. The lowest BCUT2D eigenvalue weighted by Gasteiger charge is -2.27. The predicted octanol–water partition coefficient (Wildman–Crippen LogP) is 2.53. The Morgan fingerprint density at radius 2 is 1.79 bits per heavy atom. The van der Waals surface area contributed by atoms with Gasteiger partial charge in [-0.1, -0.05) is 42.5 Å². The molecule has 6 nitrogen and oxygen atoms in total. The molecular weight excluding hydrogens is 375 g/mol. The van der Waals surface area contributed by atoms with Crippen LogP contribution >= 0.6 is 0 Å². The van der Waals surface area contributed by atoms with Crippen LogP contribution in [-0.2, 0) is 31.9 Å². The van der Waals surface area contributed by atoms with Crippen LogP contribution < -0.4 is 5.73 Å². The van der Waals surface area contributed by atoms with Crippen LogP contribution in [0.15, 0.2) is 66.6 Å². The maximum atomic E-state index is 13.1. The zero-order valence-electron chi connectivity index (χ0n) is 16.1. The van der Waals surface area contributed by atoms with Crippen molar-refractivity contribution in [3.63, 3.8) is 0 Å². The summed E-state index contributed by atoms with van der Waals surface area (Å²) in [6.45, 7) is 0. The second-order valence-electron chi connectivity index (χ2n) is 6.93. The molecular formula is C22H23FN2O4. The van der Waals surface area contributed by atoms with Gasteiger partial charge in [0.15, 0.2) is 0 Å². The van der Waals surface area contributed by atoms with Gasteiger partial charge in [0, 0.05) is 25.9 Å². The number of nitrogens with two attached hydrogens (primary N) is 1. The van der Waals surface area contributed by atoms with Crippen molar-refractivity contribution in [2.75, 3.05) is 7.05 Å². The third kappa shape index (κ3) is 5.57. The van der Waals surface area contributed by atoms with Crippen molar-refractivity contribution in [1.29, 1.82) is 0 Å². The minimum Gasteiger partial charge on any atom is -0.458 e. The standard InChI is InChI=1S/C22H23FN2O4/c1-25(18(13-20(24)26)11-16-7-9-17(23)10-8-16)22(27)19-14-28-21(29-19)12-15-5-3-2-4-6-15/h2-10,14,18,21H,11-13H2,1H3,(H2,24,26)/t18-,21?/m0/s1. The van der Waals surface area contributed by atoms with E-state index in [-0.39, 0.29) is 18.0 Å². The number of amides is 2. The van der Waals surface area contributed by atoms with E-state index in [1.165, 1.54) is 23.3 Å². The number of rotatable bonds is 8. The van der Waals surface area contributed by atoms with E-state index < -0.39 is 24.1 Å². The number of benzene rings is 2. The summed E-state index contributed by atoms with van der Waals surface area (Å²) in [5.74, 6) is -1.22. The number of hydrogen-bond donors (Lipinski definition) is 1. The molecule has 0 aromatic heterocycles. The lowest BCUT2D eigenvalue weighted by Crippen LogP contribution is -2.42. The Balaban J connectivity index is 1.64. The average molecular weight is 398 g/mol. The highest BCUT2D eigenvalue weighted by Crippen LogP contribution is 2.22. The van der Waals surface area contributed by atoms with Crippen LogP contribution in [0.25, 0.3) is 0 Å². The van der Waals surface area contributed by atoms with Crippen molar-refractivity contribution in [3.8, 4) is 0 Å². The van der Waals surface area contributed by atoms with E-state index >= 15 is 0 Å². The summed E-state index contributed by atoms with van der Waals surface area (Å²) in [6.07, 6.45) is 1.54. The van der Waals surface area contributed by atoms with Crippen LogP contribution in [0.3, 0.4) is 0 Å². The van der Waals surface area contributed by atoms with Crippen LogP contribution in [0.1, 0.15) is 17.5 Å². The molecule has 0 radical (unpaired) electrons. The summed E-state index contributed by atoms with van der Waals surface area (Å²) < 4.78 is 24.3. The van der Waals surface area contributed by atoms with Gasteiger partial charge in [-0.15, -0.1) is 0 Å². The fourth-order valence-corrected chi connectivity index (χ4v) is 3.14. The second kappa shape index (κ2) is 9.23. The Kier molecular flexibility index (Phi) is 6.49. The number of hydrogen-bond acceptors (Lipinski definition) is 4. The van der Waals surface area contributed by atoms with E-state index in [0.717, 1.165) is 11.1 Å². The van der Waals surface area contributed by atoms with Gasteiger partial charge < -0.3 is 20.1 Å². The largest absolute Gasteiger partial charge is 0.458 e. The summed E-state index contributed by atoms with van der Waals surface area (Å²) in [6, 6.07) is 15.1. The number of primary amides is 1. The van der Waals surface area contributed by atoms with Gasteiger partial charge in [0.2, 0.25) is 18.0 Å². The molecule has 29 heavy (non-hydrogen) atoms. The molecule has 0 spiro atoms. The van der Waals surface area contributed by atoms with Gasteiger partial charge >= 0.3 is 0 Å². The predicted molar refractivity (Wildman–Crippen MR) is 105 cm³/mol. The van der Waals surface area contributed by atoms with E-state index in [0.29, 0.717) is 12.8 Å². The molecule has 0 aliphatic carbocycles. The molecule has 2 amide bonds. The Labute approximate surface area is 168 Å². The Bertz CT molecular complexity index is 883. The second-order valence-corrected chi connectivity index (χ2v) is 6.93. The summed E-state index contributed by atoms with van der Waals surface area (Å²) in [7, 11) is 1.58. The monoisotopic (exact) mass is 398 g/mol. The van der Waals surface area contributed by atoms with Crippen molar-refractivity contribution in [1.82, 2.24) is 4.90 Å². The number of halogens is 1. The molecule has 1 aliphatic heterocycles. The Morgan fingerprint density at radius 3 is 2.45 bits per heavy atom. The first kappa shape index (κ1) is 20.4. The molecule has 152 valence electrons. The third-order valence-electron chi connectivity index (χ3n) is 4.73. The molecule has 2 N–H and O–H groups in total. The van der Waals surface area contributed by atoms with E-state index in [1.54, 1.807) is 19.2 Å². The van der Waals surface area contributed by atoms with Crippen molar-refractivity contribution < 1.29 is 23.5 Å². The van der Waals surface area contributed by atoms with Gasteiger partial charge in [-0.3, -0.25) is 9.59 Å². The smallest absolute Gasteiger partial charge is 0.292 e. The third-order valence-corrected chi connectivity index (χ3v) is 4.73. The maximum absolute atomic E-state index is 13.1. The van der Waals surface area contributed by atoms with Crippen molar-refractivity contribution in [2.24, 2.45) is 5.73 Å². The van der Waals surface area contributed by atoms with E-state index in [2.05, 4.69) is 0 Å². The highest BCUT2D eigenvalue weighted by molar-refractivity contribution is 5.92. The molecule has 2 atom stereocenters. The van der Waals surface area contributed by atoms with Gasteiger partial charge in [0.1, 0.15) is 12.1 Å². The minimum atomic E-state index is -0.587. The van der Waals surface area contributed by atoms with Crippen LogP contribution in [0, 0.1) is 5.82 Å². The van der Waals surface area contributed by atoms with E-state index in [9.17, 15) is 14.0 Å². The number of ether oxygens (including phenoxy) is 2. The number of likely N-dealkylation sites (N-methyl/N-ethyl adjacent to an activating group) is 1. The number of carbonyl (C=O) groups is 2. The van der Waals surface area contributed by atoms with Gasteiger partial charge in [-0.05, 0) is 29.7 Å². The molecule has 7 heteroatoms. The van der Waals surface area contributed by atoms with E-state index in [4.69, 9.17) is 15.2 Å². The van der Waals surface area contributed by atoms with Crippen molar-refractivity contribution in [2.45, 2.75) is 31.6 Å². The molecule has 3 rings (SSSR count). The summed E-state index contributed by atoms with van der Waals surface area (Å²) >= 11 is 0. The van der Waals surface area contributed by atoms with Crippen LogP contribution in [0.4, 0.5) is 4.39 Å². The van der Waals surface area contributed by atoms with E-state index in [1.807, 2.05) is 30.3 Å². The molecule has 0 fully saturated rings. The highest BCUT2D eigenvalue weighted by atomic mass is 19.1. The van der Waals surface area contributed by atoms with Gasteiger partial charge in [-0.2, -0.15) is 0 Å². The SMILES string of the molecule is CN(C(=O)C1=COC(Cc2ccccc2)O1)[C@H](CC(N)=O)Cc1ccc(F)cc1. The highest BCUT2D eigenvalue weighted by Gasteiger charge is 2.31. The van der Waals surface area contributed by atoms with Gasteiger partial charge in [0.05, 0.1) is 0 Å². The molecule has 1 aliphatic rings. The van der Waals surface area contributed by atoms with Gasteiger partial charge in [0.25, 0.3) is 5.91 Å². The fourth-order valence-electron chi connectivity index (χ4n) is 3.14. The average Bonchev–Trinajstić information content (AvgIpc) is 3.17. The molecule has 1 unspecified atom stereocenters. The zero-order valence-corrected chi connectivity index (χ0v) is 16.1. The quantitative estimate of drug-likeness (QED) is 0.741. The maximum Gasteiger partial charge on any atom is 0.292 e. The lowest BCUT2D eigenvalue weighted by molar-refractivity contribution is -0.134. The Hall–Kier alpha value is -3.35. The molecule has 2 aromatic carbocycles. The molecule has 2 aromatic rings. The fraction of sp³-hybridized carbons (Fsp3) is 0.273. The zero-order chi connectivity index (χ0) is 20.8. The molecule has 0 saturated carbocycles. The van der Waals surface area contributed by atoms with Gasteiger partial charge in [-0.25, -0.2) is 4.39 Å².